The summed E-state index contributed by atoms with van der Waals surface area (Å²) in [4.78, 5) is 5.28. The second-order valence-electron chi connectivity index (χ2n) is 5.27. The monoisotopic (exact) mass is 298 g/mol. The van der Waals surface area contributed by atoms with Crippen LogP contribution in [0.1, 0.15) is 24.1 Å². The molecule has 1 aliphatic rings. The number of nitriles is 1. The molecule has 0 amide bonds. The van der Waals surface area contributed by atoms with Crippen LogP contribution < -0.4 is 10.2 Å². The van der Waals surface area contributed by atoms with Gasteiger partial charge in [-0.15, -0.1) is 0 Å². The molecule has 1 atom stereocenters. The molecule has 0 aliphatic carbocycles. The average molecular weight is 298 g/mol. The van der Waals surface area contributed by atoms with E-state index in [0.717, 1.165) is 32.0 Å². The predicted molar refractivity (Wildman–Crippen MR) is 72.8 cm³/mol. The first-order valence-corrected chi connectivity index (χ1v) is 6.82. The first-order valence-electron chi connectivity index (χ1n) is 6.82. The van der Waals surface area contributed by atoms with Gasteiger partial charge in [-0.3, -0.25) is 0 Å². The van der Waals surface area contributed by atoms with E-state index >= 15 is 0 Å². The molecule has 1 N–H and O–H groups in total. The molecule has 1 aliphatic heterocycles. The summed E-state index contributed by atoms with van der Waals surface area (Å²) in [6.45, 7) is 2.40. The highest BCUT2D eigenvalue weighted by Crippen LogP contribution is 2.30. The van der Waals surface area contributed by atoms with Gasteiger partial charge in [-0.1, -0.05) is 0 Å². The van der Waals surface area contributed by atoms with Crippen molar-refractivity contribution in [2.45, 2.75) is 19.0 Å². The van der Waals surface area contributed by atoms with Crippen LogP contribution in [0.4, 0.5) is 19.0 Å². The highest BCUT2D eigenvalue weighted by atomic mass is 19.4. The van der Waals surface area contributed by atoms with Crippen LogP contribution in [-0.4, -0.2) is 31.7 Å². The first-order chi connectivity index (χ1) is 9.91. The normalized spacial score (nSPS) is 19.1. The van der Waals surface area contributed by atoms with Crippen molar-refractivity contribution in [3.05, 3.63) is 23.4 Å². The lowest BCUT2D eigenvalue weighted by atomic mass is 9.99. The number of halogens is 3. The molecule has 0 spiro atoms. The molecule has 0 aromatic carbocycles. The molecule has 7 heteroatoms. The highest BCUT2D eigenvalue weighted by molar-refractivity contribution is 5.54. The minimum atomic E-state index is -4.50. The summed E-state index contributed by atoms with van der Waals surface area (Å²) in [6.07, 6.45) is -2.42. The molecule has 4 nitrogen and oxygen atoms in total. The molecule has 114 valence electrons. The van der Waals surface area contributed by atoms with E-state index in [0.29, 0.717) is 12.5 Å². The van der Waals surface area contributed by atoms with Gasteiger partial charge in [-0.2, -0.15) is 18.4 Å². The molecule has 1 saturated heterocycles. The lowest BCUT2D eigenvalue weighted by molar-refractivity contribution is -0.141. The smallest absolute Gasteiger partial charge is 0.358 e. The van der Waals surface area contributed by atoms with Gasteiger partial charge in [0.25, 0.3) is 0 Å². The summed E-state index contributed by atoms with van der Waals surface area (Å²) >= 11 is 0. The average Bonchev–Trinajstić information content (AvgIpc) is 2.46. The van der Waals surface area contributed by atoms with Crippen LogP contribution in [-0.2, 0) is 6.18 Å². The van der Waals surface area contributed by atoms with E-state index in [2.05, 4.69) is 10.3 Å². The Morgan fingerprint density at radius 3 is 2.81 bits per heavy atom. The molecule has 1 aromatic rings. The van der Waals surface area contributed by atoms with Crippen molar-refractivity contribution >= 4 is 5.82 Å². The van der Waals surface area contributed by atoms with Gasteiger partial charge < -0.3 is 10.2 Å². The second-order valence-corrected chi connectivity index (χ2v) is 5.27. The maximum absolute atomic E-state index is 12.8. The van der Waals surface area contributed by atoms with Crippen molar-refractivity contribution in [2.75, 3.05) is 31.6 Å². The van der Waals surface area contributed by atoms with Crippen LogP contribution in [0.15, 0.2) is 12.1 Å². The van der Waals surface area contributed by atoms with Crippen molar-refractivity contribution in [3.63, 3.8) is 0 Å². The Hall–Kier alpha value is -1.81. The molecule has 0 bridgehead atoms. The number of hydrogen-bond acceptors (Lipinski definition) is 4. The van der Waals surface area contributed by atoms with Gasteiger partial charge in [0.15, 0.2) is 0 Å². The first kappa shape index (κ1) is 15.6. The third-order valence-corrected chi connectivity index (χ3v) is 3.58. The van der Waals surface area contributed by atoms with E-state index in [9.17, 15) is 13.2 Å². The Kier molecular flexibility index (Phi) is 4.68. The van der Waals surface area contributed by atoms with Crippen LogP contribution >= 0.6 is 0 Å². The Morgan fingerprint density at radius 1 is 1.48 bits per heavy atom. The zero-order chi connectivity index (χ0) is 15.5. The number of aromatic nitrogens is 1. The summed E-state index contributed by atoms with van der Waals surface area (Å²) in [5.41, 5.74) is -0.806. The summed E-state index contributed by atoms with van der Waals surface area (Å²) < 4.78 is 38.3. The van der Waals surface area contributed by atoms with Crippen LogP contribution in [0, 0.1) is 17.2 Å². The van der Waals surface area contributed by atoms with Gasteiger partial charge in [-0.25, -0.2) is 4.98 Å². The van der Waals surface area contributed by atoms with Gasteiger partial charge in [0, 0.05) is 13.6 Å². The number of piperidine rings is 1. The van der Waals surface area contributed by atoms with Gasteiger partial charge in [0.1, 0.15) is 17.6 Å². The summed E-state index contributed by atoms with van der Waals surface area (Å²) in [7, 11) is 1.68. The topological polar surface area (TPSA) is 52.0 Å². The van der Waals surface area contributed by atoms with Crippen molar-refractivity contribution in [1.82, 2.24) is 10.3 Å². The summed E-state index contributed by atoms with van der Waals surface area (Å²) in [5.74, 6) is 0.449. The second kappa shape index (κ2) is 6.31. The minimum Gasteiger partial charge on any atom is -0.358 e. The zero-order valence-corrected chi connectivity index (χ0v) is 11.7. The standard InChI is InChI=1S/C14H17F3N4/c1-21(9-10-3-2-6-19-8-10)13-11(7-18)4-5-12(20-13)14(15,16)17/h4-5,10,19H,2-3,6,8-9H2,1H3. The fourth-order valence-corrected chi connectivity index (χ4v) is 2.54. The Labute approximate surface area is 121 Å². The van der Waals surface area contributed by atoms with Crippen LogP contribution in [0.5, 0.6) is 0 Å². The van der Waals surface area contributed by atoms with E-state index in [1.54, 1.807) is 11.9 Å². The summed E-state index contributed by atoms with van der Waals surface area (Å²) in [5, 5.41) is 12.3. The van der Waals surface area contributed by atoms with Crippen molar-refractivity contribution in [1.29, 1.82) is 5.26 Å². The van der Waals surface area contributed by atoms with Gasteiger partial charge in [-0.05, 0) is 44.0 Å². The van der Waals surface area contributed by atoms with E-state index in [1.165, 1.54) is 6.07 Å². The van der Waals surface area contributed by atoms with Crippen LogP contribution in [0.25, 0.3) is 0 Å². The quantitative estimate of drug-likeness (QED) is 0.931. The molecule has 21 heavy (non-hydrogen) atoms. The molecule has 2 heterocycles. The Bertz CT molecular complexity index is 530. The Balaban J connectivity index is 2.21. The molecule has 0 saturated carbocycles. The number of nitrogens with zero attached hydrogens (tertiary/aromatic N) is 3. The number of nitrogens with one attached hydrogen (secondary N) is 1. The fourth-order valence-electron chi connectivity index (χ4n) is 2.54. The van der Waals surface area contributed by atoms with Crippen molar-refractivity contribution < 1.29 is 13.2 Å². The SMILES string of the molecule is CN(CC1CCCNC1)c1nc(C(F)(F)F)ccc1C#N. The molecule has 2 rings (SSSR count). The maximum atomic E-state index is 12.8. The van der Waals surface area contributed by atoms with Gasteiger partial charge in [0.2, 0.25) is 0 Å². The number of hydrogen-bond donors (Lipinski definition) is 1. The lowest BCUT2D eigenvalue weighted by Gasteiger charge is -2.29. The Morgan fingerprint density at radius 2 is 2.24 bits per heavy atom. The number of anilines is 1. The van der Waals surface area contributed by atoms with Gasteiger partial charge >= 0.3 is 6.18 Å². The molecule has 1 aromatic heterocycles. The third-order valence-electron chi connectivity index (χ3n) is 3.58. The largest absolute Gasteiger partial charge is 0.433 e. The number of pyridine rings is 1. The number of alkyl halides is 3. The highest BCUT2D eigenvalue weighted by Gasteiger charge is 2.33. The minimum absolute atomic E-state index is 0.0953. The third kappa shape index (κ3) is 3.85. The van der Waals surface area contributed by atoms with Crippen molar-refractivity contribution in [3.8, 4) is 6.07 Å². The van der Waals surface area contributed by atoms with Crippen LogP contribution in [0.3, 0.4) is 0 Å². The molecular formula is C14H17F3N4. The number of rotatable bonds is 3. The van der Waals surface area contributed by atoms with E-state index < -0.39 is 11.9 Å². The van der Waals surface area contributed by atoms with E-state index in [4.69, 9.17) is 5.26 Å². The predicted octanol–water partition coefficient (Wildman–Crippen LogP) is 2.41. The van der Waals surface area contributed by atoms with Gasteiger partial charge in [0.05, 0.1) is 5.56 Å². The lowest BCUT2D eigenvalue weighted by Crippen LogP contribution is -2.37. The fraction of sp³-hybridized carbons (Fsp3) is 0.571. The van der Waals surface area contributed by atoms with Crippen molar-refractivity contribution in [2.24, 2.45) is 5.92 Å². The van der Waals surface area contributed by atoms with E-state index in [1.807, 2.05) is 6.07 Å². The summed E-state index contributed by atoms with van der Waals surface area (Å²) in [6, 6.07) is 3.93. The molecule has 1 unspecified atom stereocenters. The molecular weight excluding hydrogens is 281 g/mol. The zero-order valence-electron chi connectivity index (χ0n) is 11.7. The molecule has 0 radical (unpaired) electrons. The molecule has 1 fully saturated rings. The maximum Gasteiger partial charge on any atom is 0.433 e. The van der Waals surface area contributed by atoms with E-state index in [-0.39, 0.29) is 11.4 Å². The van der Waals surface area contributed by atoms with Crippen LogP contribution in [0.2, 0.25) is 0 Å².